The fourth-order valence-corrected chi connectivity index (χ4v) is 0.997. The minimum atomic E-state index is -4.38. The summed E-state index contributed by atoms with van der Waals surface area (Å²) in [5.74, 6) is -0.701. The molecule has 1 aromatic carbocycles. The average molecular weight is 215 g/mol. The zero-order chi connectivity index (χ0) is 11.5. The molecule has 0 atom stereocenters. The van der Waals surface area contributed by atoms with Crippen molar-refractivity contribution in [2.24, 2.45) is 5.73 Å². The second-order valence-corrected chi connectivity index (χ2v) is 2.86. The quantitative estimate of drug-likeness (QED) is 0.755. The molecular weight excluding hydrogens is 207 g/mol. The Kier molecular flexibility index (Phi) is 3.14. The van der Waals surface area contributed by atoms with E-state index in [2.05, 4.69) is 0 Å². The first-order valence-electron chi connectivity index (χ1n) is 4.04. The zero-order valence-corrected chi connectivity index (χ0v) is 7.58. The van der Waals surface area contributed by atoms with Crippen LogP contribution in [0.25, 0.3) is 6.08 Å². The Labute approximate surface area is 84.2 Å². The van der Waals surface area contributed by atoms with Gasteiger partial charge in [-0.05, 0) is 23.8 Å². The lowest BCUT2D eigenvalue weighted by Gasteiger charge is -2.06. The van der Waals surface area contributed by atoms with Gasteiger partial charge in [-0.1, -0.05) is 12.1 Å². The van der Waals surface area contributed by atoms with E-state index in [0.29, 0.717) is 0 Å². The minimum Gasteiger partial charge on any atom is -0.366 e. The molecule has 0 radical (unpaired) electrons. The molecule has 0 aliphatic carbocycles. The maximum absolute atomic E-state index is 12.3. The van der Waals surface area contributed by atoms with Crippen LogP contribution in [0.1, 0.15) is 11.1 Å². The minimum absolute atomic E-state index is 0.281. The average Bonchev–Trinajstić information content (AvgIpc) is 2.14. The summed E-state index contributed by atoms with van der Waals surface area (Å²) in [7, 11) is 0. The van der Waals surface area contributed by atoms with Crippen LogP contribution in [0, 0.1) is 0 Å². The van der Waals surface area contributed by atoms with Gasteiger partial charge >= 0.3 is 6.18 Å². The van der Waals surface area contributed by atoms with Crippen molar-refractivity contribution >= 4 is 12.0 Å². The predicted octanol–water partition coefficient (Wildman–Crippen LogP) is 2.20. The van der Waals surface area contributed by atoms with Crippen molar-refractivity contribution in [3.05, 3.63) is 41.5 Å². The molecule has 1 amide bonds. The Hall–Kier alpha value is -1.78. The molecule has 0 aliphatic heterocycles. The summed E-state index contributed by atoms with van der Waals surface area (Å²) in [6, 6.07) is 4.62. The fourth-order valence-electron chi connectivity index (χ4n) is 0.997. The molecule has 0 aliphatic rings. The number of halogens is 3. The summed E-state index contributed by atoms with van der Waals surface area (Å²) in [5, 5.41) is 0. The van der Waals surface area contributed by atoms with Crippen molar-refractivity contribution in [3.8, 4) is 0 Å². The van der Waals surface area contributed by atoms with Crippen molar-refractivity contribution in [1.29, 1.82) is 0 Å². The first-order chi connectivity index (χ1) is 6.89. The number of hydrogen-bond donors (Lipinski definition) is 1. The molecule has 0 heterocycles. The first-order valence-corrected chi connectivity index (χ1v) is 4.04. The van der Waals surface area contributed by atoms with Gasteiger partial charge in [0, 0.05) is 6.08 Å². The van der Waals surface area contributed by atoms with Gasteiger partial charge in [0.1, 0.15) is 0 Å². The standard InChI is InChI=1S/C10H8F3NO/c11-10(12,13)8-3-1-2-7(6-8)4-5-9(14)15/h1-6H,(H2,14,15)/b5-4+. The number of primary amides is 1. The van der Waals surface area contributed by atoms with Crippen LogP contribution in [0.2, 0.25) is 0 Å². The van der Waals surface area contributed by atoms with E-state index in [1.807, 2.05) is 0 Å². The van der Waals surface area contributed by atoms with Gasteiger partial charge in [0.25, 0.3) is 0 Å². The highest BCUT2D eigenvalue weighted by Gasteiger charge is 2.30. The van der Waals surface area contributed by atoms with Crippen molar-refractivity contribution in [2.45, 2.75) is 6.18 Å². The van der Waals surface area contributed by atoms with Crippen molar-refractivity contribution in [2.75, 3.05) is 0 Å². The second-order valence-electron chi connectivity index (χ2n) is 2.86. The Morgan fingerprint density at radius 3 is 2.53 bits per heavy atom. The number of alkyl halides is 3. The summed E-state index contributed by atoms with van der Waals surface area (Å²) in [4.78, 5) is 10.4. The lowest BCUT2D eigenvalue weighted by atomic mass is 10.1. The molecule has 1 rings (SSSR count). The highest BCUT2D eigenvalue weighted by molar-refractivity contribution is 5.90. The summed E-state index contributed by atoms with van der Waals surface area (Å²) in [6.45, 7) is 0. The fraction of sp³-hybridized carbons (Fsp3) is 0.100. The number of carbonyl (C=O) groups excluding carboxylic acids is 1. The number of amides is 1. The topological polar surface area (TPSA) is 43.1 Å². The lowest BCUT2D eigenvalue weighted by Crippen LogP contribution is -2.06. The van der Waals surface area contributed by atoms with E-state index in [4.69, 9.17) is 5.73 Å². The molecule has 1 aromatic rings. The van der Waals surface area contributed by atoms with Gasteiger partial charge in [-0.3, -0.25) is 4.79 Å². The largest absolute Gasteiger partial charge is 0.416 e. The molecule has 0 aromatic heterocycles. The number of hydrogen-bond acceptors (Lipinski definition) is 1. The van der Waals surface area contributed by atoms with E-state index in [-0.39, 0.29) is 5.56 Å². The molecule has 5 heteroatoms. The highest BCUT2D eigenvalue weighted by atomic mass is 19.4. The summed E-state index contributed by atoms with van der Waals surface area (Å²) in [5.41, 5.74) is 4.34. The SMILES string of the molecule is NC(=O)/C=C/c1cccc(C(F)(F)F)c1. The molecule has 2 N–H and O–H groups in total. The summed E-state index contributed by atoms with van der Waals surface area (Å²) < 4.78 is 36.8. The van der Waals surface area contributed by atoms with E-state index in [9.17, 15) is 18.0 Å². The van der Waals surface area contributed by atoms with E-state index in [1.165, 1.54) is 18.2 Å². The Bertz CT molecular complexity index is 396. The van der Waals surface area contributed by atoms with Gasteiger partial charge in [0.2, 0.25) is 5.91 Å². The number of benzene rings is 1. The predicted molar refractivity (Wildman–Crippen MR) is 49.7 cm³/mol. The van der Waals surface area contributed by atoms with Crippen molar-refractivity contribution in [3.63, 3.8) is 0 Å². The molecule has 0 saturated heterocycles. The Morgan fingerprint density at radius 2 is 2.00 bits per heavy atom. The zero-order valence-electron chi connectivity index (χ0n) is 7.58. The van der Waals surface area contributed by atoms with Gasteiger partial charge in [-0.25, -0.2) is 0 Å². The monoisotopic (exact) mass is 215 g/mol. The van der Waals surface area contributed by atoms with Crippen LogP contribution < -0.4 is 5.73 Å². The highest BCUT2D eigenvalue weighted by Crippen LogP contribution is 2.29. The number of nitrogens with two attached hydrogens (primary N) is 1. The molecule has 80 valence electrons. The van der Waals surface area contributed by atoms with Crippen LogP contribution >= 0.6 is 0 Å². The van der Waals surface area contributed by atoms with Gasteiger partial charge in [0.05, 0.1) is 5.56 Å². The van der Waals surface area contributed by atoms with Crippen LogP contribution in [0.15, 0.2) is 30.3 Å². The van der Waals surface area contributed by atoms with E-state index >= 15 is 0 Å². The first kappa shape index (κ1) is 11.3. The normalized spacial score (nSPS) is 11.9. The van der Waals surface area contributed by atoms with E-state index < -0.39 is 17.6 Å². The Balaban J connectivity index is 2.98. The van der Waals surface area contributed by atoms with Crippen LogP contribution in [0.4, 0.5) is 13.2 Å². The van der Waals surface area contributed by atoms with Gasteiger partial charge < -0.3 is 5.73 Å². The maximum atomic E-state index is 12.3. The number of rotatable bonds is 2. The van der Waals surface area contributed by atoms with Gasteiger partial charge in [0.15, 0.2) is 0 Å². The van der Waals surface area contributed by atoms with Crippen LogP contribution in [-0.2, 0) is 11.0 Å². The van der Waals surface area contributed by atoms with E-state index in [0.717, 1.165) is 18.2 Å². The van der Waals surface area contributed by atoms with Crippen molar-refractivity contribution < 1.29 is 18.0 Å². The third-order valence-electron chi connectivity index (χ3n) is 1.65. The molecule has 0 saturated carbocycles. The molecule has 0 unspecified atom stereocenters. The second kappa shape index (κ2) is 4.16. The molecule has 0 fully saturated rings. The Morgan fingerprint density at radius 1 is 1.33 bits per heavy atom. The molecule has 0 bridgehead atoms. The van der Waals surface area contributed by atoms with E-state index in [1.54, 1.807) is 0 Å². The third-order valence-corrected chi connectivity index (χ3v) is 1.65. The number of carbonyl (C=O) groups is 1. The summed E-state index contributed by atoms with van der Waals surface area (Å²) >= 11 is 0. The van der Waals surface area contributed by atoms with Gasteiger partial charge in [-0.15, -0.1) is 0 Å². The van der Waals surface area contributed by atoms with Crippen LogP contribution in [-0.4, -0.2) is 5.91 Å². The molecule has 2 nitrogen and oxygen atoms in total. The molecular formula is C10H8F3NO. The maximum Gasteiger partial charge on any atom is 0.416 e. The van der Waals surface area contributed by atoms with Crippen LogP contribution in [0.5, 0.6) is 0 Å². The van der Waals surface area contributed by atoms with Crippen LogP contribution in [0.3, 0.4) is 0 Å². The lowest BCUT2D eigenvalue weighted by molar-refractivity contribution is -0.137. The smallest absolute Gasteiger partial charge is 0.366 e. The third kappa shape index (κ3) is 3.46. The molecule has 15 heavy (non-hydrogen) atoms. The summed E-state index contributed by atoms with van der Waals surface area (Å²) in [6.07, 6.45) is -2.14. The van der Waals surface area contributed by atoms with Gasteiger partial charge in [-0.2, -0.15) is 13.2 Å². The van der Waals surface area contributed by atoms with Crippen molar-refractivity contribution in [1.82, 2.24) is 0 Å². The molecule has 0 spiro atoms.